The van der Waals surface area contributed by atoms with Crippen molar-refractivity contribution in [1.82, 2.24) is 9.78 Å². The summed E-state index contributed by atoms with van der Waals surface area (Å²) in [5, 5.41) is 6.03. The van der Waals surface area contributed by atoms with Crippen LogP contribution in [0.25, 0.3) is 10.9 Å². The van der Waals surface area contributed by atoms with Crippen LogP contribution in [0.1, 0.15) is 37.8 Å². The third kappa shape index (κ3) is 2.91. The van der Waals surface area contributed by atoms with Crippen LogP contribution in [-0.4, -0.2) is 22.9 Å². The number of piperidine rings is 1. The maximum absolute atomic E-state index is 4.74. The first kappa shape index (κ1) is 15.3. The van der Waals surface area contributed by atoms with E-state index in [0.717, 1.165) is 6.42 Å². The topological polar surface area (TPSA) is 21.1 Å². The van der Waals surface area contributed by atoms with Gasteiger partial charge in [-0.1, -0.05) is 36.4 Å². The van der Waals surface area contributed by atoms with Crippen molar-refractivity contribution in [3.05, 3.63) is 60.3 Å². The van der Waals surface area contributed by atoms with Gasteiger partial charge in [-0.3, -0.25) is 4.68 Å². The molecule has 3 heteroatoms. The molecule has 0 radical (unpaired) electrons. The van der Waals surface area contributed by atoms with Crippen LogP contribution in [0.4, 0.5) is 5.69 Å². The van der Waals surface area contributed by atoms with Crippen molar-refractivity contribution in [2.75, 3.05) is 18.0 Å². The van der Waals surface area contributed by atoms with Crippen LogP contribution in [0.2, 0.25) is 0 Å². The van der Waals surface area contributed by atoms with Crippen molar-refractivity contribution < 1.29 is 0 Å². The molecule has 1 atom stereocenters. The fourth-order valence-corrected chi connectivity index (χ4v) is 3.86. The maximum Gasteiger partial charge on any atom is 0.0706 e. The van der Waals surface area contributed by atoms with Gasteiger partial charge in [0.15, 0.2) is 0 Å². The largest absolute Gasteiger partial charge is 0.371 e. The van der Waals surface area contributed by atoms with Crippen molar-refractivity contribution in [2.45, 2.75) is 38.6 Å². The highest BCUT2D eigenvalue weighted by atomic mass is 15.3. The van der Waals surface area contributed by atoms with E-state index in [9.17, 15) is 0 Å². The van der Waals surface area contributed by atoms with Gasteiger partial charge in [0.25, 0.3) is 0 Å². The van der Waals surface area contributed by atoms with Crippen LogP contribution < -0.4 is 4.90 Å². The van der Waals surface area contributed by atoms with E-state index in [0.29, 0.717) is 6.04 Å². The van der Waals surface area contributed by atoms with Crippen molar-refractivity contribution in [3.63, 3.8) is 0 Å². The molecule has 3 aromatic rings. The Morgan fingerprint density at radius 3 is 2.54 bits per heavy atom. The van der Waals surface area contributed by atoms with Crippen molar-refractivity contribution in [1.29, 1.82) is 0 Å². The fraction of sp³-hybridized carbons (Fsp3) is 0.381. The van der Waals surface area contributed by atoms with E-state index in [1.54, 1.807) is 0 Å². The Morgan fingerprint density at radius 2 is 1.75 bits per heavy atom. The summed E-state index contributed by atoms with van der Waals surface area (Å²) in [5.41, 5.74) is 3.97. The number of hydrogen-bond donors (Lipinski definition) is 0. The van der Waals surface area contributed by atoms with Crippen LogP contribution >= 0.6 is 0 Å². The van der Waals surface area contributed by atoms with Gasteiger partial charge in [0.1, 0.15) is 0 Å². The standard InChI is InChI=1S/C21H25N3/c1-17(15-18-9-4-2-5-10-18)24-21-12-8-11-20(19(21)16-22-24)23-13-6-3-7-14-23/h2,4-5,8-12,16-17H,3,6-7,13-15H2,1H3. The summed E-state index contributed by atoms with van der Waals surface area (Å²) in [6.45, 7) is 4.60. The van der Waals surface area contributed by atoms with Crippen LogP contribution in [0, 0.1) is 0 Å². The number of aromatic nitrogens is 2. The van der Waals surface area contributed by atoms with Gasteiger partial charge in [0, 0.05) is 24.2 Å². The van der Waals surface area contributed by atoms with Gasteiger partial charge in [-0.15, -0.1) is 0 Å². The number of hydrogen-bond acceptors (Lipinski definition) is 2. The Bertz CT molecular complexity index is 800. The molecule has 0 spiro atoms. The summed E-state index contributed by atoms with van der Waals surface area (Å²) in [5.74, 6) is 0. The molecule has 124 valence electrons. The predicted molar refractivity (Wildman–Crippen MR) is 101 cm³/mol. The molecule has 1 unspecified atom stereocenters. The van der Waals surface area contributed by atoms with Gasteiger partial charge in [-0.2, -0.15) is 5.10 Å². The van der Waals surface area contributed by atoms with E-state index in [4.69, 9.17) is 5.10 Å². The fourth-order valence-electron chi connectivity index (χ4n) is 3.86. The molecule has 0 aliphatic carbocycles. The van der Waals surface area contributed by atoms with Crippen LogP contribution in [0.15, 0.2) is 54.7 Å². The molecule has 1 aliphatic heterocycles. The predicted octanol–water partition coefficient (Wildman–Crippen LogP) is 4.83. The molecular weight excluding hydrogens is 294 g/mol. The number of anilines is 1. The summed E-state index contributed by atoms with van der Waals surface area (Å²) in [4.78, 5) is 2.53. The maximum atomic E-state index is 4.74. The molecule has 24 heavy (non-hydrogen) atoms. The zero-order chi connectivity index (χ0) is 16.4. The number of benzene rings is 2. The molecule has 3 nitrogen and oxygen atoms in total. The van der Waals surface area contributed by atoms with E-state index in [-0.39, 0.29) is 0 Å². The Morgan fingerprint density at radius 1 is 0.958 bits per heavy atom. The van der Waals surface area contributed by atoms with E-state index in [1.807, 2.05) is 0 Å². The first-order valence-electron chi connectivity index (χ1n) is 9.08. The average Bonchev–Trinajstić information content (AvgIpc) is 3.07. The smallest absolute Gasteiger partial charge is 0.0706 e. The molecule has 0 N–H and O–H groups in total. The summed E-state index contributed by atoms with van der Waals surface area (Å²) in [6, 6.07) is 17.7. The van der Waals surface area contributed by atoms with E-state index < -0.39 is 0 Å². The molecule has 0 saturated carbocycles. The molecule has 2 heterocycles. The highest BCUT2D eigenvalue weighted by molar-refractivity contribution is 5.92. The van der Waals surface area contributed by atoms with E-state index >= 15 is 0 Å². The van der Waals surface area contributed by atoms with Gasteiger partial charge in [-0.25, -0.2) is 0 Å². The number of nitrogens with zero attached hydrogens (tertiary/aromatic N) is 3. The third-order valence-corrected chi connectivity index (χ3v) is 5.11. The Hall–Kier alpha value is -2.29. The monoisotopic (exact) mass is 319 g/mol. The Balaban J connectivity index is 1.65. The van der Waals surface area contributed by atoms with E-state index in [2.05, 4.69) is 71.2 Å². The summed E-state index contributed by atoms with van der Waals surface area (Å²) < 4.78 is 2.19. The Labute approximate surface area is 143 Å². The summed E-state index contributed by atoms with van der Waals surface area (Å²) >= 11 is 0. The lowest BCUT2D eigenvalue weighted by Crippen LogP contribution is -2.29. The molecule has 1 saturated heterocycles. The van der Waals surface area contributed by atoms with Gasteiger partial charge < -0.3 is 4.90 Å². The normalized spacial score (nSPS) is 16.5. The minimum absolute atomic E-state index is 0.349. The Kier molecular flexibility index (Phi) is 4.24. The zero-order valence-corrected chi connectivity index (χ0v) is 14.4. The second-order valence-electron chi connectivity index (χ2n) is 6.89. The van der Waals surface area contributed by atoms with Crippen LogP contribution in [-0.2, 0) is 6.42 Å². The van der Waals surface area contributed by atoms with Crippen LogP contribution in [0.3, 0.4) is 0 Å². The molecule has 4 rings (SSSR count). The molecule has 2 aromatic carbocycles. The summed E-state index contributed by atoms with van der Waals surface area (Å²) in [6.07, 6.45) is 7.02. The molecule has 1 aliphatic rings. The van der Waals surface area contributed by atoms with Gasteiger partial charge in [-0.05, 0) is 50.3 Å². The zero-order valence-electron chi connectivity index (χ0n) is 14.4. The second kappa shape index (κ2) is 6.68. The lowest BCUT2D eigenvalue weighted by Gasteiger charge is -2.29. The van der Waals surface area contributed by atoms with Crippen molar-refractivity contribution in [2.24, 2.45) is 0 Å². The third-order valence-electron chi connectivity index (χ3n) is 5.11. The van der Waals surface area contributed by atoms with Gasteiger partial charge >= 0.3 is 0 Å². The molecule has 0 amide bonds. The highest BCUT2D eigenvalue weighted by Gasteiger charge is 2.17. The van der Waals surface area contributed by atoms with Crippen molar-refractivity contribution >= 4 is 16.6 Å². The molecule has 0 bridgehead atoms. The van der Waals surface area contributed by atoms with Crippen molar-refractivity contribution in [3.8, 4) is 0 Å². The highest BCUT2D eigenvalue weighted by Crippen LogP contribution is 2.30. The SMILES string of the molecule is CC(Cc1ccccc1)n1ncc2c(N3CCCCC3)cccc21. The van der Waals surface area contributed by atoms with E-state index in [1.165, 1.54) is 54.5 Å². The first-order chi connectivity index (χ1) is 11.8. The molecular formula is C21H25N3. The lowest BCUT2D eigenvalue weighted by atomic mass is 10.1. The average molecular weight is 319 g/mol. The van der Waals surface area contributed by atoms with Gasteiger partial charge in [0.05, 0.1) is 17.8 Å². The minimum atomic E-state index is 0.349. The first-order valence-corrected chi connectivity index (χ1v) is 9.08. The van der Waals surface area contributed by atoms with Crippen LogP contribution in [0.5, 0.6) is 0 Å². The van der Waals surface area contributed by atoms with Gasteiger partial charge in [0.2, 0.25) is 0 Å². The minimum Gasteiger partial charge on any atom is -0.371 e. The lowest BCUT2D eigenvalue weighted by molar-refractivity contribution is 0.504. The summed E-state index contributed by atoms with van der Waals surface area (Å²) in [7, 11) is 0. The molecule has 1 fully saturated rings. The molecule has 1 aromatic heterocycles. The number of fused-ring (bicyclic) bond motifs is 1. The number of rotatable bonds is 4. The second-order valence-corrected chi connectivity index (χ2v) is 6.89. The quantitative estimate of drug-likeness (QED) is 0.687.